The maximum absolute atomic E-state index is 13.8. The van der Waals surface area contributed by atoms with E-state index in [1.165, 1.54) is 13.2 Å². The second kappa shape index (κ2) is 6.01. The lowest BCUT2D eigenvalue weighted by molar-refractivity contribution is -0.146. The van der Waals surface area contributed by atoms with Gasteiger partial charge in [0.15, 0.2) is 0 Å². The van der Waals surface area contributed by atoms with Crippen molar-refractivity contribution in [1.82, 2.24) is 4.90 Å². The molecule has 0 saturated carbocycles. The van der Waals surface area contributed by atoms with Gasteiger partial charge in [0, 0.05) is 29.7 Å². The molecule has 0 bridgehead atoms. The third kappa shape index (κ3) is 3.34. The predicted octanol–water partition coefficient (Wildman–Crippen LogP) is 2.83. The zero-order valence-corrected chi connectivity index (χ0v) is 12.6. The number of benzene rings is 1. The van der Waals surface area contributed by atoms with E-state index in [0.29, 0.717) is 18.7 Å². The molecule has 3 nitrogen and oxygen atoms in total. The van der Waals surface area contributed by atoms with Crippen LogP contribution in [0.2, 0.25) is 0 Å². The lowest BCUT2D eigenvalue weighted by Crippen LogP contribution is -2.24. The summed E-state index contributed by atoms with van der Waals surface area (Å²) >= 11 is 3.24. The summed E-state index contributed by atoms with van der Waals surface area (Å²) in [5, 5.41) is 0. The number of ether oxygens (including phenoxy) is 1. The topological polar surface area (TPSA) is 29.5 Å². The molecule has 5 heteroatoms. The van der Waals surface area contributed by atoms with Crippen LogP contribution in [0.3, 0.4) is 0 Å². The van der Waals surface area contributed by atoms with Gasteiger partial charge in [-0.3, -0.25) is 9.69 Å². The van der Waals surface area contributed by atoms with Crippen LogP contribution >= 0.6 is 15.9 Å². The number of carbonyl (C=O) groups excluding carboxylic acids is 1. The number of esters is 1. The molecule has 0 aromatic heterocycles. The van der Waals surface area contributed by atoms with Crippen LogP contribution in [0.5, 0.6) is 0 Å². The molecule has 1 aliphatic heterocycles. The van der Waals surface area contributed by atoms with Crippen molar-refractivity contribution in [3.8, 4) is 0 Å². The summed E-state index contributed by atoms with van der Waals surface area (Å²) in [7, 11) is 1.41. The summed E-state index contributed by atoms with van der Waals surface area (Å²) in [5.74, 6) is -0.260. The van der Waals surface area contributed by atoms with Crippen LogP contribution < -0.4 is 0 Å². The maximum atomic E-state index is 13.8. The lowest BCUT2D eigenvalue weighted by atomic mass is 9.99. The number of methoxy groups -OCH3 is 1. The number of nitrogens with zero attached hydrogens (tertiary/aromatic N) is 1. The Balaban J connectivity index is 2.03. The van der Waals surface area contributed by atoms with Gasteiger partial charge in [0.25, 0.3) is 0 Å². The van der Waals surface area contributed by atoms with Crippen molar-refractivity contribution in [2.75, 3.05) is 20.2 Å². The lowest BCUT2D eigenvalue weighted by Gasteiger charge is -2.16. The fourth-order valence-corrected chi connectivity index (χ4v) is 2.88. The second-order valence-electron chi connectivity index (χ2n) is 5.04. The molecule has 1 saturated heterocycles. The molecule has 0 amide bonds. The minimum absolute atomic E-state index is 0.108. The Morgan fingerprint density at radius 1 is 1.53 bits per heavy atom. The maximum Gasteiger partial charge on any atom is 0.310 e. The minimum atomic E-state index is -0.219. The zero-order chi connectivity index (χ0) is 14.0. The standard InChI is InChI=1S/C14H17BrFNO2/c1-9-6-17(8-12(9)14(18)19-2)7-10-3-4-11(15)5-13(10)16/h3-5,9,12H,6-8H2,1-2H3. The Hall–Kier alpha value is -0.940. The highest BCUT2D eigenvalue weighted by Gasteiger charge is 2.35. The molecule has 0 radical (unpaired) electrons. The van der Waals surface area contributed by atoms with Crippen molar-refractivity contribution in [1.29, 1.82) is 0 Å². The Bertz CT molecular complexity index is 481. The first kappa shape index (κ1) is 14.5. The Morgan fingerprint density at radius 2 is 2.26 bits per heavy atom. The molecule has 0 aliphatic carbocycles. The molecule has 2 rings (SSSR count). The second-order valence-corrected chi connectivity index (χ2v) is 5.95. The highest BCUT2D eigenvalue weighted by atomic mass is 79.9. The summed E-state index contributed by atoms with van der Waals surface area (Å²) < 4.78 is 19.3. The molecule has 0 spiro atoms. The number of hydrogen-bond donors (Lipinski definition) is 0. The summed E-state index contributed by atoms with van der Waals surface area (Å²) in [4.78, 5) is 13.7. The van der Waals surface area contributed by atoms with Gasteiger partial charge in [-0.1, -0.05) is 28.9 Å². The van der Waals surface area contributed by atoms with Gasteiger partial charge in [0.2, 0.25) is 0 Å². The number of likely N-dealkylation sites (tertiary alicyclic amines) is 1. The molecule has 1 fully saturated rings. The van der Waals surface area contributed by atoms with E-state index in [2.05, 4.69) is 20.8 Å². The van der Waals surface area contributed by atoms with Gasteiger partial charge in [-0.25, -0.2) is 4.39 Å². The first-order chi connectivity index (χ1) is 9.01. The van der Waals surface area contributed by atoms with Crippen LogP contribution in [-0.4, -0.2) is 31.1 Å². The van der Waals surface area contributed by atoms with Crippen LogP contribution in [-0.2, 0) is 16.1 Å². The van der Waals surface area contributed by atoms with Gasteiger partial charge in [-0.05, 0) is 18.1 Å². The first-order valence-electron chi connectivity index (χ1n) is 6.25. The number of hydrogen-bond acceptors (Lipinski definition) is 3. The normalized spacial score (nSPS) is 23.6. The van der Waals surface area contributed by atoms with Crippen molar-refractivity contribution >= 4 is 21.9 Å². The molecule has 1 aromatic carbocycles. The molecule has 1 aliphatic rings. The fourth-order valence-electron chi connectivity index (χ4n) is 2.55. The van der Waals surface area contributed by atoms with Gasteiger partial charge >= 0.3 is 5.97 Å². The van der Waals surface area contributed by atoms with Crippen molar-refractivity contribution in [3.05, 3.63) is 34.1 Å². The van der Waals surface area contributed by atoms with Crippen LogP contribution in [0.15, 0.2) is 22.7 Å². The van der Waals surface area contributed by atoms with Crippen LogP contribution in [0, 0.1) is 17.7 Å². The van der Waals surface area contributed by atoms with Gasteiger partial charge in [-0.2, -0.15) is 0 Å². The summed E-state index contributed by atoms with van der Waals surface area (Å²) in [5.41, 5.74) is 0.654. The number of halogens is 2. The fraction of sp³-hybridized carbons (Fsp3) is 0.500. The molecular formula is C14H17BrFNO2. The quantitative estimate of drug-likeness (QED) is 0.798. The zero-order valence-electron chi connectivity index (χ0n) is 11.0. The summed E-state index contributed by atoms with van der Waals surface area (Å²) in [6, 6.07) is 5.07. The highest BCUT2D eigenvalue weighted by Crippen LogP contribution is 2.26. The van der Waals surface area contributed by atoms with E-state index in [0.717, 1.165) is 11.0 Å². The number of rotatable bonds is 3. The Kier molecular flexibility index (Phi) is 4.58. The van der Waals surface area contributed by atoms with E-state index in [1.54, 1.807) is 6.07 Å². The molecular weight excluding hydrogens is 313 g/mol. The van der Waals surface area contributed by atoms with Crippen molar-refractivity contribution in [3.63, 3.8) is 0 Å². The van der Waals surface area contributed by atoms with E-state index in [4.69, 9.17) is 4.74 Å². The smallest absolute Gasteiger partial charge is 0.310 e. The highest BCUT2D eigenvalue weighted by molar-refractivity contribution is 9.10. The van der Waals surface area contributed by atoms with Gasteiger partial charge in [0.05, 0.1) is 13.0 Å². The molecule has 2 atom stereocenters. The molecule has 1 aromatic rings. The van der Waals surface area contributed by atoms with E-state index in [9.17, 15) is 9.18 Å². The van der Waals surface area contributed by atoms with Crippen LogP contribution in [0.1, 0.15) is 12.5 Å². The molecule has 19 heavy (non-hydrogen) atoms. The molecule has 0 N–H and O–H groups in total. The van der Waals surface area contributed by atoms with E-state index in [1.807, 2.05) is 13.0 Å². The summed E-state index contributed by atoms with van der Waals surface area (Å²) in [6.07, 6.45) is 0. The molecule has 2 unspecified atom stereocenters. The monoisotopic (exact) mass is 329 g/mol. The predicted molar refractivity (Wildman–Crippen MR) is 74.0 cm³/mol. The van der Waals surface area contributed by atoms with E-state index >= 15 is 0 Å². The van der Waals surface area contributed by atoms with Gasteiger partial charge < -0.3 is 4.74 Å². The SMILES string of the molecule is COC(=O)C1CN(Cc2ccc(Br)cc2F)CC1C. The Labute approximate surface area is 120 Å². The first-order valence-corrected chi connectivity index (χ1v) is 7.04. The average Bonchev–Trinajstić information content (AvgIpc) is 2.73. The number of carbonyl (C=O) groups is 1. The van der Waals surface area contributed by atoms with E-state index < -0.39 is 0 Å². The molecule has 104 valence electrons. The van der Waals surface area contributed by atoms with Crippen molar-refractivity contribution in [2.45, 2.75) is 13.5 Å². The third-order valence-corrected chi connectivity index (χ3v) is 4.09. The minimum Gasteiger partial charge on any atom is -0.469 e. The summed E-state index contributed by atoms with van der Waals surface area (Å²) in [6.45, 7) is 3.97. The van der Waals surface area contributed by atoms with Gasteiger partial charge in [0.1, 0.15) is 5.82 Å². The Morgan fingerprint density at radius 3 is 2.89 bits per heavy atom. The van der Waals surface area contributed by atoms with Gasteiger partial charge in [-0.15, -0.1) is 0 Å². The largest absolute Gasteiger partial charge is 0.469 e. The molecule has 1 heterocycles. The van der Waals surface area contributed by atoms with Crippen molar-refractivity contribution in [2.24, 2.45) is 11.8 Å². The average molecular weight is 330 g/mol. The van der Waals surface area contributed by atoms with Crippen LogP contribution in [0.25, 0.3) is 0 Å². The third-order valence-electron chi connectivity index (χ3n) is 3.60. The van der Waals surface area contributed by atoms with Crippen LogP contribution in [0.4, 0.5) is 4.39 Å². The van der Waals surface area contributed by atoms with E-state index in [-0.39, 0.29) is 23.6 Å². The van der Waals surface area contributed by atoms with Crippen molar-refractivity contribution < 1.29 is 13.9 Å².